The van der Waals surface area contributed by atoms with Crippen LogP contribution in [-0.4, -0.2) is 11.2 Å². The van der Waals surface area contributed by atoms with E-state index in [9.17, 15) is 5.11 Å². The monoisotopic (exact) mass is 138 g/mol. The molecule has 1 fully saturated rings. The summed E-state index contributed by atoms with van der Waals surface area (Å²) in [5, 5.41) is 9.38. The van der Waals surface area contributed by atoms with Crippen molar-refractivity contribution in [3.8, 4) is 0 Å². The van der Waals surface area contributed by atoms with Gasteiger partial charge >= 0.3 is 0 Å². The van der Waals surface area contributed by atoms with Crippen LogP contribution in [0.5, 0.6) is 0 Å². The molecule has 1 N–H and O–H groups in total. The van der Waals surface area contributed by atoms with E-state index in [0.717, 1.165) is 18.8 Å². The Morgan fingerprint density at radius 3 is 2.90 bits per heavy atom. The lowest BCUT2D eigenvalue weighted by Gasteiger charge is -2.33. The highest BCUT2D eigenvalue weighted by Gasteiger charge is 2.27. The van der Waals surface area contributed by atoms with E-state index in [-0.39, 0.29) is 6.10 Å². The number of hydrogen-bond acceptors (Lipinski definition) is 1. The average Bonchev–Trinajstić information content (AvgIpc) is 1.85. The molecule has 0 spiro atoms. The third kappa shape index (κ3) is 1.10. The zero-order valence-corrected chi connectivity index (χ0v) is 6.16. The van der Waals surface area contributed by atoms with Crippen molar-refractivity contribution >= 4 is 0 Å². The summed E-state index contributed by atoms with van der Waals surface area (Å²) in [7, 11) is 0. The summed E-state index contributed by atoms with van der Waals surface area (Å²) in [4.78, 5) is 0. The molecular weight excluding hydrogens is 124 g/mol. The first-order valence-corrected chi connectivity index (χ1v) is 4.19. The molecule has 0 amide bonds. The Bertz CT molecular complexity index is 151. The molecule has 1 heteroatoms. The molecule has 0 aromatic rings. The molecule has 0 unspecified atom stereocenters. The Labute approximate surface area is 61.8 Å². The maximum absolute atomic E-state index is 9.38. The van der Waals surface area contributed by atoms with Crippen LogP contribution in [0, 0.1) is 11.8 Å². The van der Waals surface area contributed by atoms with Crippen LogP contribution in [0.1, 0.15) is 25.7 Å². The smallest absolute Gasteiger partial charge is 0.0548 e. The van der Waals surface area contributed by atoms with Crippen LogP contribution in [0.4, 0.5) is 0 Å². The number of aliphatic hydroxyl groups is 1. The number of aliphatic hydroxyl groups excluding tert-OH is 1. The summed E-state index contributed by atoms with van der Waals surface area (Å²) < 4.78 is 0. The fourth-order valence-corrected chi connectivity index (χ4v) is 2.26. The number of fused-ring (bicyclic) bond motifs is 2. The molecule has 2 aliphatic rings. The van der Waals surface area contributed by atoms with Gasteiger partial charge in [-0.2, -0.15) is 0 Å². The van der Waals surface area contributed by atoms with E-state index in [1.807, 2.05) is 0 Å². The van der Waals surface area contributed by atoms with Gasteiger partial charge < -0.3 is 5.11 Å². The zero-order valence-electron chi connectivity index (χ0n) is 6.16. The Kier molecular flexibility index (Phi) is 1.53. The third-order valence-corrected chi connectivity index (χ3v) is 2.69. The molecule has 0 aromatic heterocycles. The number of hydrogen-bond donors (Lipinski definition) is 1. The fourth-order valence-electron chi connectivity index (χ4n) is 2.26. The molecule has 0 radical (unpaired) electrons. The second-order valence-electron chi connectivity index (χ2n) is 3.65. The third-order valence-electron chi connectivity index (χ3n) is 2.69. The topological polar surface area (TPSA) is 20.2 Å². The van der Waals surface area contributed by atoms with E-state index in [2.05, 4.69) is 12.2 Å². The van der Waals surface area contributed by atoms with Crippen molar-refractivity contribution in [2.75, 3.05) is 0 Å². The summed E-state index contributed by atoms with van der Waals surface area (Å²) in [6, 6.07) is 0. The van der Waals surface area contributed by atoms with Crippen LogP contribution >= 0.6 is 0 Å². The standard InChI is InChI=1S/C9H14O/c10-9-5-7-2-1-3-8(4-7)6-9/h1-2,7-10H,3-6H2/t7-,8+,9-/m1/s1. The SMILES string of the molecule is O[C@@H]1C[C@@H]2C=CC[C@H](C1)C2. The second kappa shape index (κ2) is 2.39. The summed E-state index contributed by atoms with van der Waals surface area (Å²) in [6.07, 6.45) is 9.13. The van der Waals surface area contributed by atoms with E-state index in [1.54, 1.807) is 0 Å². The first-order chi connectivity index (χ1) is 4.84. The summed E-state index contributed by atoms with van der Waals surface area (Å²) in [5.41, 5.74) is 0. The molecule has 0 aliphatic heterocycles. The van der Waals surface area contributed by atoms with Crippen molar-refractivity contribution < 1.29 is 5.11 Å². The highest BCUT2D eigenvalue weighted by atomic mass is 16.3. The van der Waals surface area contributed by atoms with Crippen LogP contribution < -0.4 is 0 Å². The van der Waals surface area contributed by atoms with Crippen molar-refractivity contribution in [3.05, 3.63) is 12.2 Å². The van der Waals surface area contributed by atoms with E-state index in [1.165, 1.54) is 12.8 Å². The van der Waals surface area contributed by atoms with Gasteiger partial charge in [0.15, 0.2) is 0 Å². The second-order valence-corrected chi connectivity index (χ2v) is 3.65. The Morgan fingerprint density at radius 2 is 2.10 bits per heavy atom. The van der Waals surface area contributed by atoms with Crippen LogP contribution in [0.15, 0.2) is 12.2 Å². The predicted molar refractivity (Wildman–Crippen MR) is 40.6 cm³/mol. The summed E-state index contributed by atoms with van der Waals surface area (Å²) in [6.45, 7) is 0. The quantitative estimate of drug-likeness (QED) is 0.505. The van der Waals surface area contributed by atoms with Gasteiger partial charge in [-0.05, 0) is 37.5 Å². The molecule has 1 saturated carbocycles. The van der Waals surface area contributed by atoms with Crippen LogP contribution in [0.3, 0.4) is 0 Å². The van der Waals surface area contributed by atoms with Gasteiger partial charge in [-0.3, -0.25) is 0 Å². The number of allylic oxidation sites excluding steroid dienone is 2. The Balaban J connectivity index is 2.09. The molecule has 3 atom stereocenters. The molecule has 1 nitrogen and oxygen atoms in total. The normalized spacial score (nSPS) is 45.5. The van der Waals surface area contributed by atoms with Gasteiger partial charge in [-0.15, -0.1) is 0 Å². The molecule has 0 saturated heterocycles. The average molecular weight is 138 g/mol. The number of rotatable bonds is 0. The molecule has 56 valence electrons. The first-order valence-electron chi connectivity index (χ1n) is 4.19. The van der Waals surface area contributed by atoms with Gasteiger partial charge in [-0.25, -0.2) is 0 Å². The van der Waals surface area contributed by atoms with Crippen LogP contribution in [-0.2, 0) is 0 Å². The van der Waals surface area contributed by atoms with Gasteiger partial charge in [0.25, 0.3) is 0 Å². The van der Waals surface area contributed by atoms with E-state index >= 15 is 0 Å². The van der Waals surface area contributed by atoms with Gasteiger partial charge in [0.2, 0.25) is 0 Å². The highest BCUT2D eigenvalue weighted by molar-refractivity contribution is 5.00. The summed E-state index contributed by atoms with van der Waals surface area (Å²) in [5.74, 6) is 1.49. The lowest BCUT2D eigenvalue weighted by molar-refractivity contribution is 0.0789. The van der Waals surface area contributed by atoms with Crippen LogP contribution in [0.2, 0.25) is 0 Å². The minimum Gasteiger partial charge on any atom is -0.393 e. The fraction of sp³-hybridized carbons (Fsp3) is 0.778. The Hall–Kier alpha value is -0.300. The largest absolute Gasteiger partial charge is 0.393 e. The predicted octanol–water partition coefficient (Wildman–Crippen LogP) is 1.72. The van der Waals surface area contributed by atoms with Crippen molar-refractivity contribution in [1.29, 1.82) is 0 Å². The van der Waals surface area contributed by atoms with E-state index in [0.29, 0.717) is 5.92 Å². The van der Waals surface area contributed by atoms with Crippen molar-refractivity contribution in [2.45, 2.75) is 31.8 Å². The van der Waals surface area contributed by atoms with E-state index < -0.39 is 0 Å². The molecule has 2 rings (SSSR count). The minimum atomic E-state index is -0.00583. The van der Waals surface area contributed by atoms with Crippen molar-refractivity contribution in [1.82, 2.24) is 0 Å². The lowest BCUT2D eigenvalue weighted by Crippen LogP contribution is -2.27. The molecule has 0 aromatic carbocycles. The lowest BCUT2D eigenvalue weighted by atomic mass is 9.75. The highest BCUT2D eigenvalue weighted by Crippen LogP contribution is 2.35. The maximum Gasteiger partial charge on any atom is 0.0548 e. The molecule has 10 heavy (non-hydrogen) atoms. The molecule has 0 heterocycles. The van der Waals surface area contributed by atoms with Crippen LogP contribution in [0.25, 0.3) is 0 Å². The van der Waals surface area contributed by atoms with Gasteiger partial charge in [0, 0.05) is 0 Å². The van der Waals surface area contributed by atoms with E-state index in [4.69, 9.17) is 0 Å². The zero-order chi connectivity index (χ0) is 6.97. The maximum atomic E-state index is 9.38. The molecule has 2 bridgehead atoms. The van der Waals surface area contributed by atoms with Gasteiger partial charge in [0.1, 0.15) is 0 Å². The first kappa shape index (κ1) is 6.41. The van der Waals surface area contributed by atoms with Crippen molar-refractivity contribution in [3.63, 3.8) is 0 Å². The molecular formula is C9H14O. The van der Waals surface area contributed by atoms with Gasteiger partial charge in [0.05, 0.1) is 6.10 Å². The Morgan fingerprint density at radius 1 is 1.20 bits per heavy atom. The summed E-state index contributed by atoms with van der Waals surface area (Å²) >= 11 is 0. The molecule has 2 aliphatic carbocycles. The minimum absolute atomic E-state index is 0.00583. The van der Waals surface area contributed by atoms with Crippen molar-refractivity contribution in [2.24, 2.45) is 11.8 Å². The van der Waals surface area contributed by atoms with Gasteiger partial charge in [-0.1, -0.05) is 12.2 Å².